The molecule has 1 rings (SSSR count). The van der Waals surface area contributed by atoms with Crippen LogP contribution in [0.15, 0.2) is 12.1 Å². The summed E-state index contributed by atoms with van der Waals surface area (Å²) in [5.41, 5.74) is -0.0803. The van der Waals surface area contributed by atoms with Gasteiger partial charge in [0.15, 0.2) is 0 Å². The summed E-state index contributed by atoms with van der Waals surface area (Å²) in [6.45, 7) is 4.68. The first kappa shape index (κ1) is 16.7. The smallest absolute Gasteiger partial charge is 0.311 e. The molecular formula is C13H21N5O3. The van der Waals surface area contributed by atoms with Gasteiger partial charge in [-0.1, -0.05) is 6.92 Å². The highest BCUT2D eigenvalue weighted by Crippen LogP contribution is 2.27. The molecule has 0 aromatic carbocycles. The maximum Gasteiger partial charge on any atom is 0.311 e. The van der Waals surface area contributed by atoms with E-state index >= 15 is 0 Å². The van der Waals surface area contributed by atoms with E-state index in [4.69, 9.17) is 0 Å². The molecule has 8 nitrogen and oxygen atoms in total. The Labute approximate surface area is 123 Å². The predicted octanol–water partition coefficient (Wildman–Crippen LogP) is 1.24. The highest BCUT2D eigenvalue weighted by molar-refractivity contribution is 5.78. The van der Waals surface area contributed by atoms with Gasteiger partial charge in [0.25, 0.3) is 0 Å². The Morgan fingerprint density at radius 2 is 2.19 bits per heavy atom. The summed E-state index contributed by atoms with van der Waals surface area (Å²) in [5, 5.41) is 16.7. The highest BCUT2D eigenvalue weighted by atomic mass is 16.6. The number of carbonyl (C=O) groups is 1. The molecule has 0 aliphatic carbocycles. The summed E-state index contributed by atoms with van der Waals surface area (Å²) in [6.07, 6.45) is 0. The average Bonchev–Trinajstić information content (AvgIpc) is 2.46. The second-order valence-corrected chi connectivity index (χ2v) is 4.72. The van der Waals surface area contributed by atoms with Gasteiger partial charge >= 0.3 is 5.69 Å². The van der Waals surface area contributed by atoms with Gasteiger partial charge in [0, 0.05) is 33.3 Å². The molecule has 1 amide bonds. The second kappa shape index (κ2) is 7.41. The summed E-state index contributed by atoms with van der Waals surface area (Å²) < 4.78 is 0. The van der Waals surface area contributed by atoms with E-state index in [2.05, 4.69) is 15.6 Å². The van der Waals surface area contributed by atoms with Crippen molar-refractivity contribution in [2.24, 2.45) is 5.92 Å². The molecule has 1 aromatic heterocycles. The molecule has 1 aromatic rings. The Balaban J connectivity index is 3.04. The number of nitrogens with zero attached hydrogens (tertiary/aromatic N) is 3. The van der Waals surface area contributed by atoms with Crippen molar-refractivity contribution in [1.82, 2.24) is 10.3 Å². The van der Waals surface area contributed by atoms with Crippen molar-refractivity contribution < 1.29 is 9.72 Å². The molecule has 0 fully saturated rings. The molecule has 0 saturated carbocycles. The van der Waals surface area contributed by atoms with E-state index in [1.807, 2.05) is 6.92 Å². The van der Waals surface area contributed by atoms with E-state index in [0.717, 1.165) is 0 Å². The van der Waals surface area contributed by atoms with Crippen LogP contribution in [-0.4, -0.2) is 43.0 Å². The summed E-state index contributed by atoms with van der Waals surface area (Å²) in [5.74, 6) is 0.392. The number of carbonyl (C=O) groups excluding carboxylic acids is 1. The van der Waals surface area contributed by atoms with Crippen LogP contribution in [0.3, 0.4) is 0 Å². The number of hydrogen-bond acceptors (Lipinski definition) is 6. The van der Waals surface area contributed by atoms with Gasteiger partial charge in [0.05, 0.1) is 10.8 Å². The number of anilines is 2. The lowest BCUT2D eigenvalue weighted by Gasteiger charge is -2.22. The fourth-order valence-electron chi connectivity index (χ4n) is 1.97. The Bertz CT molecular complexity index is 521. The van der Waals surface area contributed by atoms with E-state index in [0.29, 0.717) is 18.9 Å². The van der Waals surface area contributed by atoms with Crippen molar-refractivity contribution in [3.05, 3.63) is 22.2 Å². The number of nitrogens with one attached hydrogen (secondary N) is 2. The Kier molecular flexibility index (Phi) is 5.89. The molecule has 8 heteroatoms. The topological polar surface area (TPSA) is 100 Å². The standard InChI is InChI=1S/C13H21N5O3/c1-5-15-11-7-6-10(18(20)21)12(16-11)17(4)8-9(2)13(19)14-3/h6-7,9H,5,8H2,1-4H3,(H,14,19)(H,15,16). The van der Waals surface area contributed by atoms with Crippen LogP contribution in [0.4, 0.5) is 17.3 Å². The van der Waals surface area contributed by atoms with Gasteiger partial charge in [-0.05, 0) is 13.0 Å². The van der Waals surface area contributed by atoms with Crippen LogP contribution in [0.2, 0.25) is 0 Å². The number of hydrogen-bond donors (Lipinski definition) is 2. The first-order chi connectivity index (χ1) is 9.90. The Hall–Kier alpha value is -2.38. The van der Waals surface area contributed by atoms with Crippen LogP contribution < -0.4 is 15.5 Å². The number of rotatable bonds is 7. The minimum absolute atomic E-state index is 0.0803. The zero-order valence-electron chi connectivity index (χ0n) is 12.7. The van der Waals surface area contributed by atoms with Crippen molar-refractivity contribution in [3.8, 4) is 0 Å². The number of pyridine rings is 1. The SMILES string of the molecule is CCNc1ccc([N+](=O)[O-])c(N(C)CC(C)C(=O)NC)n1. The van der Waals surface area contributed by atoms with Crippen LogP contribution in [0.25, 0.3) is 0 Å². The van der Waals surface area contributed by atoms with Crippen LogP contribution >= 0.6 is 0 Å². The van der Waals surface area contributed by atoms with E-state index in [9.17, 15) is 14.9 Å². The quantitative estimate of drug-likeness (QED) is 0.580. The summed E-state index contributed by atoms with van der Waals surface area (Å²) >= 11 is 0. The maximum absolute atomic E-state index is 11.6. The summed E-state index contributed by atoms with van der Waals surface area (Å²) in [6, 6.07) is 2.99. The molecule has 1 unspecified atom stereocenters. The third-order valence-corrected chi connectivity index (χ3v) is 3.01. The van der Waals surface area contributed by atoms with Crippen LogP contribution in [0, 0.1) is 16.0 Å². The highest BCUT2D eigenvalue weighted by Gasteiger charge is 2.22. The van der Waals surface area contributed by atoms with Crippen LogP contribution in [0.5, 0.6) is 0 Å². The lowest BCUT2D eigenvalue weighted by atomic mass is 10.1. The number of aromatic nitrogens is 1. The van der Waals surface area contributed by atoms with Crippen LogP contribution in [-0.2, 0) is 4.79 Å². The summed E-state index contributed by atoms with van der Waals surface area (Å²) in [7, 11) is 3.25. The van der Waals surface area contributed by atoms with E-state index in [1.54, 1.807) is 32.0 Å². The lowest BCUT2D eigenvalue weighted by molar-refractivity contribution is -0.384. The number of amides is 1. The third kappa shape index (κ3) is 4.30. The molecular weight excluding hydrogens is 274 g/mol. The molecule has 0 aliphatic heterocycles. The largest absolute Gasteiger partial charge is 0.370 e. The van der Waals surface area contributed by atoms with E-state index in [1.165, 1.54) is 6.07 Å². The Morgan fingerprint density at radius 1 is 1.52 bits per heavy atom. The molecule has 2 N–H and O–H groups in total. The first-order valence-electron chi connectivity index (χ1n) is 6.72. The monoisotopic (exact) mass is 295 g/mol. The van der Waals surface area contributed by atoms with Gasteiger partial charge in [-0.2, -0.15) is 0 Å². The minimum atomic E-state index is -0.473. The molecule has 0 saturated heterocycles. The maximum atomic E-state index is 11.6. The molecule has 0 radical (unpaired) electrons. The van der Waals surface area contributed by atoms with Crippen molar-refractivity contribution in [3.63, 3.8) is 0 Å². The minimum Gasteiger partial charge on any atom is -0.370 e. The molecule has 0 spiro atoms. The second-order valence-electron chi connectivity index (χ2n) is 4.72. The molecule has 116 valence electrons. The zero-order valence-corrected chi connectivity index (χ0v) is 12.7. The molecule has 21 heavy (non-hydrogen) atoms. The van der Waals surface area contributed by atoms with Crippen molar-refractivity contribution >= 4 is 23.2 Å². The molecule has 0 aliphatic rings. The van der Waals surface area contributed by atoms with Crippen molar-refractivity contribution in [1.29, 1.82) is 0 Å². The van der Waals surface area contributed by atoms with E-state index < -0.39 is 4.92 Å². The predicted molar refractivity (Wildman–Crippen MR) is 81.6 cm³/mol. The van der Waals surface area contributed by atoms with Gasteiger partial charge in [0.2, 0.25) is 11.7 Å². The molecule has 1 atom stereocenters. The van der Waals surface area contributed by atoms with E-state index in [-0.39, 0.29) is 23.3 Å². The van der Waals surface area contributed by atoms with Gasteiger partial charge in [0.1, 0.15) is 5.82 Å². The lowest BCUT2D eigenvalue weighted by Crippen LogP contribution is -2.35. The number of nitro groups is 1. The van der Waals surface area contributed by atoms with Crippen LogP contribution in [0.1, 0.15) is 13.8 Å². The van der Waals surface area contributed by atoms with Gasteiger partial charge in [-0.15, -0.1) is 0 Å². The Morgan fingerprint density at radius 3 is 2.71 bits per heavy atom. The molecule has 0 bridgehead atoms. The first-order valence-corrected chi connectivity index (χ1v) is 6.72. The third-order valence-electron chi connectivity index (χ3n) is 3.01. The van der Waals surface area contributed by atoms with Gasteiger partial charge in [-0.25, -0.2) is 4.98 Å². The van der Waals surface area contributed by atoms with Gasteiger partial charge < -0.3 is 15.5 Å². The average molecular weight is 295 g/mol. The normalized spacial score (nSPS) is 11.6. The van der Waals surface area contributed by atoms with Gasteiger partial charge in [-0.3, -0.25) is 14.9 Å². The van der Waals surface area contributed by atoms with Crippen molar-refractivity contribution in [2.45, 2.75) is 13.8 Å². The summed E-state index contributed by atoms with van der Waals surface area (Å²) in [4.78, 5) is 28.1. The fourth-order valence-corrected chi connectivity index (χ4v) is 1.97. The molecule has 1 heterocycles. The fraction of sp³-hybridized carbons (Fsp3) is 0.538. The van der Waals surface area contributed by atoms with Crippen molar-refractivity contribution in [2.75, 3.05) is 37.4 Å². The zero-order chi connectivity index (χ0) is 16.0.